The number of carbonyl (C=O) groups excluding carboxylic acids is 3. The monoisotopic (exact) mass is 737 g/mol. The van der Waals surface area contributed by atoms with Gasteiger partial charge in [-0.25, -0.2) is 23.9 Å². The molecule has 1 amide bonds. The zero-order valence-electron chi connectivity index (χ0n) is 32.6. The molecular weight excluding hydrogens is 686 g/mol. The van der Waals surface area contributed by atoms with Crippen LogP contribution < -0.4 is 10.2 Å². The summed E-state index contributed by atoms with van der Waals surface area (Å²) in [6.07, 6.45) is -0.133. The average molecular weight is 738 g/mol. The number of fused-ring (bicyclic) bond motifs is 2. The van der Waals surface area contributed by atoms with E-state index in [-0.39, 0.29) is 12.4 Å². The van der Waals surface area contributed by atoms with Crippen molar-refractivity contribution in [1.29, 1.82) is 0 Å². The number of anilines is 1. The van der Waals surface area contributed by atoms with Crippen molar-refractivity contribution in [3.05, 3.63) is 66.2 Å². The van der Waals surface area contributed by atoms with E-state index in [2.05, 4.69) is 22.2 Å². The summed E-state index contributed by atoms with van der Waals surface area (Å²) in [7, 11) is 2.11. The fourth-order valence-corrected chi connectivity index (χ4v) is 6.31. The minimum absolute atomic E-state index is 0.245. The summed E-state index contributed by atoms with van der Waals surface area (Å²) >= 11 is 0. The molecule has 0 radical (unpaired) electrons. The third kappa shape index (κ3) is 8.68. The lowest BCUT2D eigenvalue weighted by Crippen LogP contribution is -2.44. The zero-order chi connectivity index (χ0) is 38.8. The molecule has 1 N–H and O–H groups in total. The van der Waals surface area contributed by atoms with Gasteiger partial charge in [0.2, 0.25) is 0 Å². The molecule has 0 aliphatic carbocycles. The maximum atomic E-state index is 14.0. The van der Waals surface area contributed by atoms with Crippen molar-refractivity contribution in [2.24, 2.45) is 0 Å². The molecule has 5 aromatic rings. The first kappa shape index (κ1) is 38.3. The summed E-state index contributed by atoms with van der Waals surface area (Å²) < 4.78 is 19.7. The van der Waals surface area contributed by atoms with Crippen molar-refractivity contribution < 1.29 is 28.6 Å². The standard InChI is InChI=1S/C41H51N7O6/c1-9-10-24-52-39(51)48-33-25-29(28-16-14-27(15-17-28)26-42-37(49)53-40(2,3)4)18-19-30(33)34(44-48)36-43-35-31(46-22-20-45(8)21-23-46)12-11-13-32(35)47(36)38(50)54-41(5,6)7/h11-19,25H,9-10,20-24,26H2,1-8H3,(H,42,49). The number of likely N-dealkylation sites (N-methyl/N-ethyl adjacent to an activating group) is 1. The summed E-state index contributed by atoms with van der Waals surface area (Å²) in [5.41, 5.74) is 4.26. The predicted octanol–water partition coefficient (Wildman–Crippen LogP) is 8.06. The van der Waals surface area contributed by atoms with Crippen LogP contribution in [0.2, 0.25) is 0 Å². The summed E-state index contributed by atoms with van der Waals surface area (Å²) in [4.78, 5) is 49.5. The molecule has 3 aromatic carbocycles. The second-order valence-corrected chi connectivity index (χ2v) is 15.7. The topological polar surface area (TPSA) is 133 Å². The molecule has 0 saturated carbocycles. The quantitative estimate of drug-likeness (QED) is 0.123. The molecule has 0 atom stereocenters. The number of nitrogens with one attached hydrogen (secondary N) is 1. The van der Waals surface area contributed by atoms with Gasteiger partial charge in [-0.3, -0.25) is 0 Å². The molecule has 54 heavy (non-hydrogen) atoms. The van der Waals surface area contributed by atoms with Gasteiger partial charge in [-0.2, -0.15) is 9.78 Å². The third-order valence-corrected chi connectivity index (χ3v) is 9.00. The van der Waals surface area contributed by atoms with Crippen LogP contribution in [-0.4, -0.2) is 93.5 Å². The Labute approximate surface area is 316 Å². The van der Waals surface area contributed by atoms with Crippen molar-refractivity contribution in [3.8, 4) is 22.6 Å². The van der Waals surface area contributed by atoms with Crippen molar-refractivity contribution in [2.75, 3.05) is 44.7 Å². The van der Waals surface area contributed by atoms with E-state index in [0.717, 1.165) is 55.0 Å². The van der Waals surface area contributed by atoms with Gasteiger partial charge in [-0.15, -0.1) is 0 Å². The van der Waals surface area contributed by atoms with Gasteiger partial charge >= 0.3 is 18.3 Å². The Morgan fingerprint density at radius 1 is 0.815 bits per heavy atom. The average Bonchev–Trinajstić information content (AvgIpc) is 3.69. The summed E-state index contributed by atoms with van der Waals surface area (Å²) in [6, 6.07) is 19.3. The normalized spacial score (nSPS) is 14.0. The highest BCUT2D eigenvalue weighted by Gasteiger charge is 2.30. The second-order valence-electron chi connectivity index (χ2n) is 15.7. The van der Waals surface area contributed by atoms with Gasteiger partial charge in [0.1, 0.15) is 22.4 Å². The van der Waals surface area contributed by atoms with Crippen molar-refractivity contribution in [2.45, 2.75) is 79.1 Å². The van der Waals surface area contributed by atoms with Crippen molar-refractivity contribution >= 4 is 45.9 Å². The van der Waals surface area contributed by atoms with Gasteiger partial charge in [0.15, 0.2) is 5.82 Å². The Morgan fingerprint density at radius 3 is 2.17 bits per heavy atom. The fourth-order valence-electron chi connectivity index (χ4n) is 6.31. The van der Waals surface area contributed by atoms with Crippen molar-refractivity contribution in [1.82, 2.24) is 29.5 Å². The van der Waals surface area contributed by atoms with E-state index in [0.29, 0.717) is 40.6 Å². The number of alkyl carbamates (subject to hydrolysis) is 1. The predicted molar refractivity (Wildman–Crippen MR) is 210 cm³/mol. The van der Waals surface area contributed by atoms with Gasteiger partial charge in [0.05, 0.1) is 23.3 Å². The highest BCUT2D eigenvalue weighted by molar-refractivity contribution is 6.03. The number of hydrogen-bond acceptors (Lipinski definition) is 10. The van der Waals surface area contributed by atoms with E-state index in [1.165, 1.54) is 9.25 Å². The van der Waals surface area contributed by atoms with Crippen LogP contribution in [0.15, 0.2) is 60.7 Å². The van der Waals surface area contributed by atoms with E-state index in [9.17, 15) is 14.4 Å². The SMILES string of the molecule is CCCCOC(=O)n1nc(-c2nc3c(N4CCN(C)CC4)cccc3n2C(=O)OC(C)(C)C)c2ccc(-c3ccc(CNC(=O)OC(C)(C)C)cc3)cc21. The highest BCUT2D eigenvalue weighted by Crippen LogP contribution is 2.36. The largest absolute Gasteiger partial charge is 0.448 e. The first-order valence-corrected chi connectivity index (χ1v) is 18.6. The van der Waals surface area contributed by atoms with Gasteiger partial charge in [0, 0.05) is 38.1 Å². The maximum Gasteiger partial charge on any atom is 0.435 e. The second kappa shape index (κ2) is 15.5. The maximum absolute atomic E-state index is 14.0. The highest BCUT2D eigenvalue weighted by atomic mass is 16.6. The van der Waals surface area contributed by atoms with Crippen LogP contribution in [0.1, 0.15) is 66.9 Å². The molecule has 1 saturated heterocycles. The molecular formula is C41H51N7O6. The number of aromatic nitrogens is 4. The van der Waals surface area contributed by atoms with Crippen molar-refractivity contribution in [3.63, 3.8) is 0 Å². The number of nitrogens with zero attached hydrogens (tertiary/aromatic N) is 6. The van der Waals surface area contributed by atoms with Gasteiger partial charge in [-0.05, 0) is 96.0 Å². The van der Waals surface area contributed by atoms with Gasteiger partial charge < -0.3 is 29.3 Å². The number of imidazole rings is 1. The molecule has 286 valence electrons. The molecule has 0 bridgehead atoms. The first-order valence-electron chi connectivity index (χ1n) is 18.6. The van der Waals surface area contributed by atoms with Crippen LogP contribution >= 0.6 is 0 Å². The van der Waals surface area contributed by atoms with E-state index in [4.69, 9.17) is 24.3 Å². The number of ether oxygens (including phenoxy) is 3. The first-order chi connectivity index (χ1) is 25.6. The number of carbonyl (C=O) groups is 3. The van der Waals surface area contributed by atoms with Gasteiger partial charge in [0.25, 0.3) is 0 Å². The van der Waals surface area contributed by atoms with E-state index in [1.807, 2.05) is 109 Å². The van der Waals surface area contributed by atoms with Crippen LogP contribution in [0, 0.1) is 0 Å². The minimum atomic E-state index is -0.777. The van der Waals surface area contributed by atoms with Crippen LogP contribution in [0.3, 0.4) is 0 Å². The van der Waals surface area contributed by atoms with E-state index in [1.54, 1.807) is 0 Å². The lowest BCUT2D eigenvalue weighted by molar-refractivity contribution is 0.0518. The number of benzene rings is 3. The Balaban J connectivity index is 1.44. The molecule has 0 spiro atoms. The molecule has 0 unspecified atom stereocenters. The minimum Gasteiger partial charge on any atom is -0.448 e. The molecule has 13 heteroatoms. The lowest BCUT2D eigenvalue weighted by Gasteiger charge is -2.34. The summed E-state index contributed by atoms with van der Waals surface area (Å²) in [6.45, 7) is 16.9. The molecule has 1 fully saturated rings. The molecule has 3 heterocycles. The number of amides is 1. The number of piperazine rings is 1. The van der Waals surface area contributed by atoms with Gasteiger partial charge in [-0.1, -0.05) is 49.7 Å². The fraction of sp³-hybridized carbons (Fsp3) is 0.439. The Morgan fingerprint density at radius 2 is 1.50 bits per heavy atom. The number of hydrogen-bond donors (Lipinski definition) is 1. The third-order valence-electron chi connectivity index (χ3n) is 9.00. The summed E-state index contributed by atoms with van der Waals surface area (Å²) in [5, 5.41) is 8.22. The molecule has 13 nitrogen and oxygen atoms in total. The molecule has 1 aliphatic rings. The lowest BCUT2D eigenvalue weighted by atomic mass is 10.0. The molecule has 2 aromatic heterocycles. The molecule has 1 aliphatic heterocycles. The Hall–Kier alpha value is -5.43. The smallest absolute Gasteiger partial charge is 0.435 e. The zero-order valence-corrected chi connectivity index (χ0v) is 32.6. The van der Waals surface area contributed by atoms with E-state index < -0.39 is 29.5 Å². The van der Waals surface area contributed by atoms with Crippen LogP contribution in [0.25, 0.3) is 44.6 Å². The summed E-state index contributed by atoms with van der Waals surface area (Å²) in [5.74, 6) is 0.264. The Kier molecular flexibility index (Phi) is 11.0. The number of para-hydroxylation sites is 1. The molecule has 6 rings (SSSR count). The van der Waals surface area contributed by atoms with E-state index >= 15 is 0 Å². The van der Waals surface area contributed by atoms with Crippen LogP contribution in [0.5, 0.6) is 0 Å². The number of unbranched alkanes of at least 4 members (excludes halogenated alkanes) is 1. The van der Waals surface area contributed by atoms with Crippen LogP contribution in [0.4, 0.5) is 20.1 Å². The van der Waals surface area contributed by atoms with Crippen LogP contribution in [-0.2, 0) is 20.8 Å². The Bertz CT molecular complexity index is 2150. The number of rotatable bonds is 8.